The predicted octanol–water partition coefficient (Wildman–Crippen LogP) is 5.86. The van der Waals surface area contributed by atoms with Crippen LogP contribution in [0.3, 0.4) is 0 Å². The highest BCUT2D eigenvalue weighted by Crippen LogP contribution is 2.43. The molecular weight excluding hydrogens is 502 g/mol. The molecule has 6 nitrogen and oxygen atoms in total. The molecule has 1 aliphatic carbocycles. The third-order valence-corrected chi connectivity index (χ3v) is 8.06. The first-order valence-electron chi connectivity index (χ1n) is 12.4. The number of ether oxygens (including phenoxy) is 2. The number of hydrogen-bond acceptors (Lipinski definition) is 6. The Morgan fingerprint density at radius 1 is 1.17 bits per heavy atom. The largest absolute Gasteiger partial charge is 0.493 e. The first kappa shape index (κ1) is 25.3. The summed E-state index contributed by atoms with van der Waals surface area (Å²) in [7, 11) is 1.61. The fourth-order valence-corrected chi connectivity index (χ4v) is 6.05. The number of nitrogens with one attached hydrogen (secondary N) is 1. The Labute approximate surface area is 221 Å². The summed E-state index contributed by atoms with van der Waals surface area (Å²) in [6.07, 6.45) is 3.86. The third kappa shape index (κ3) is 5.20. The molecule has 3 aromatic rings. The third-order valence-electron chi connectivity index (χ3n) is 7.24. The summed E-state index contributed by atoms with van der Waals surface area (Å²) in [5, 5.41) is 3.86. The molecule has 3 atom stereocenters. The van der Waals surface area contributed by atoms with Gasteiger partial charge >= 0.3 is 0 Å². The van der Waals surface area contributed by atoms with Crippen LogP contribution in [0.4, 0.5) is 15.9 Å². The highest BCUT2D eigenvalue weighted by Gasteiger charge is 2.41. The Bertz CT molecular complexity index is 1240. The zero-order chi connectivity index (χ0) is 25.4. The summed E-state index contributed by atoms with van der Waals surface area (Å²) in [6, 6.07) is 6.81. The van der Waals surface area contributed by atoms with Crippen molar-refractivity contribution in [2.24, 2.45) is 23.7 Å². The lowest BCUT2D eigenvalue weighted by molar-refractivity contribution is -0.288. The number of hydrogen-bond donors (Lipinski definition) is 1. The summed E-state index contributed by atoms with van der Waals surface area (Å²) >= 11 is 11.0. The van der Waals surface area contributed by atoms with Gasteiger partial charge in [-0.25, -0.2) is 14.4 Å². The lowest BCUT2D eigenvalue weighted by Crippen LogP contribution is -2.27. The van der Waals surface area contributed by atoms with Gasteiger partial charge in [-0.1, -0.05) is 25.4 Å². The molecule has 1 unspecified atom stereocenters. The fraction of sp³-hybridized carbons (Fsp3) is 0.481. The minimum Gasteiger partial charge on any atom is -0.493 e. The van der Waals surface area contributed by atoms with Gasteiger partial charge in [0.25, 0.3) is 0 Å². The van der Waals surface area contributed by atoms with E-state index in [1.54, 1.807) is 19.2 Å². The number of halogens is 3. The Morgan fingerprint density at radius 2 is 1.92 bits per heavy atom. The van der Waals surface area contributed by atoms with Gasteiger partial charge in [-0.3, -0.25) is 0 Å². The smallest absolute Gasteiger partial charge is 0.247 e. The van der Waals surface area contributed by atoms with Crippen LogP contribution in [0.15, 0.2) is 30.6 Å². The van der Waals surface area contributed by atoms with Gasteiger partial charge in [0.05, 0.1) is 24.9 Å². The van der Waals surface area contributed by atoms with Crippen molar-refractivity contribution in [3.8, 4) is 11.5 Å². The van der Waals surface area contributed by atoms with Crippen molar-refractivity contribution in [2.75, 3.05) is 38.7 Å². The maximum atomic E-state index is 14.6. The van der Waals surface area contributed by atoms with E-state index in [0.717, 1.165) is 11.8 Å². The number of anilines is 2. The van der Waals surface area contributed by atoms with Crippen LogP contribution in [0.5, 0.6) is 11.5 Å². The van der Waals surface area contributed by atoms with E-state index in [9.17, 15) is 4.39 Å². The molecular formula is C27H32Cl2FN4O2+. The maximum Gasteiger partial charge on any atom is 0.247 e. The molecule has 0 bridgehead atoms. The molecule has 2 heterocycles. The van der Waals surface area contributed by atoms with Crippen LogP contribution in [0.25, 0.3) is 10.9 Å². The summed E-state index contributed by atoms with van der Waals surface area (Å²) in [4.78, 5) is 11.3. The van der Waals surface area contributed by atoms with Crippen molar-refractivity contribution in [3.63, 3.8) is 0 Å². The average Bonchev–Trinajstić information content (AvgIpc) is 3.40. The molecule has 2 aromatic carbocycles. The van der Waals surface area contributed by atoms with Gasteiger partial charge in [0, 0.05) is 37.2 Å². The van der Waals surface area contributed by atoms with E-state index < -0.39 is 5.82 Å². The quantitative estimate of drug-likeness (QED) is 0.365. The zero-order valence-electron chi connectivity index (χ0n) is 20.8. The molecule has 0 radical (unpaired) electrons. The van der Waals surface area contributed by atoms with Gasteiger partial charge < -0.3 is 19.7 Å². The van der Waals surface area contributed by atoms with Gasteiger partial charge in [-0.2, -0.15) is 0 Å². The fourth-order valence-electron chi connectivity index (χ4n) is 5.72. The van der Waals surface area contributed by atoms with Crippen LogP contribution in [0.2, 0.25) is 10.0 Å². The second kappa shape index (κ2) is 10.6. The molecule has 1 aromatic heterocycles. The van der Waals surface area contributed by atoms with E-state index in [4.69, 9.17) is 32.7 Å². The minimum absolute atomic E-state index is 0.0923. The first-order valence-corrected chi connectivity index (χ1v) is 13.2. The number of nitrogens with zero attached hydrogens (tertiary/aromatic N) is 3. The highest BCUT2D eigenvalue weighted by molar-refractivity contribution is 6.31. The van der Waals surface area contributed by atoms with Crippen molar-refractivity contribution in [1.82, 2.24) is 14.9 Å². The Hall–Kier alpha value is -2.35. The van der Waals surface area contributed by atoms with Gasteiger partial charge in [0.1, 0.15) is 17.2 Å². The SMILES string of the molecule is COc1cc2c(Nc3ccc([ClH+])c(Cl)c3F)ncnc2cc1OCC1C[C@@H]2CN(CC(C)C)C[C@@H]2C1. The summed E-state index contributed by atoms with van der Waals surface area (Å²) < 4.78 is 26.5. The lowest BCUT2D eigenvalue weighted by Gasteiger charge is -2.21. The molecule has 1 aliphatic heterocycles. The van der Waals surface area contributed by atoms with Crippen LogP contribution in [0, 0.1) is 41.1 Å². The van der Waals surface area contributed by atoms with Crippen molar-refractivity contribution in [1.29, 1.82) is 0 Å². The number of methoxy groups -OCH3 is 1. The second-order valence-electron chi connectivity index (χ2n) is 10.4. The van der Waals surface area contributed by atoms with E-state index in [2.05, 4.69) is 34.0 Å². The van der Waals surface area contributed by atoms with Crippen LogP contribution in [-0.2, 0) is 0 Å². The highest BCUT2D eigenvalue weighted by atomic mass is 35.5. The monoisotopic (exact) mass is 533 g/mol. The molecule has 2 aliphatic rings. The van der Waals surface area contributed by atoms with E-state index in [1.807, 2.05) is 12.1 Å². The van der Waals surface area contributed by atoms with Crippen LogP contribution >= 0.6 is 11.6 Å². The molecule has 0 amide bonds. The summed E-state index contributed by atoms with van der Waals surface area (Å²) in [6.45, 7) is 8.86. The van der Waals surface area contributed by atoms with Gasteiger partial charge in [-0.05, 0) is 48.6 Å². The first-order chi connectivity index (χ1) is 17.3. The molecule has 1 saturated carbocycles. The second-order valence-corrected chi connectivity index (χ2v) is 11.2. The number of benzene rings is 2. The van der Waals surface area contributed by atoms with Crippen LogP contribution in [-0.4, -0.2) is 48.2 Å². The summed E-state index contributed by atoms with van der Waals surface area (Å²) in [5.41, 5.74) is 0.856. The molecule has 5 rings (SSSR count). The predicted molar refractivity (Wildman–Crippen MR) is 138 cm³/mol. The maximum absolute atomic E-state index is 14.6. The molecule has 0 spiro atoms. The molecule has 36 heavy (non-hydrogen) atoms. The summed E-state index contributed by atoms with van der Waals surface area (Å²) in [5.74, 6) is 3.87. The van der Waals surface area contributed by atoms with E-state index in [-0.39, 0.29) is 15.7 Å². The van der Waals surface area contributed by atoms with Gasteiger partial charge in [0.15, 0.2) is 28.9 Å². The zero-order valence-corrected chi connectivity index (χ0v) is 22.3. The van der Waals surface area contributed by atoms with Crippen LogP contribution in [0.1, 0.15) is 26.7 Å². The van der Waals surface area contributed by atoms with E-state index >= 15 is 0 Å². The Balaban J connectivity index is 1.29. The molecule has 1 saturated heterocycles. The van der Waals surface area contributed by atoms with Crippen molar-refractivity contribution in [2.45, 2.75) is 26.7 Å². The number of aromatic nitrogens is 2. The normalized spacial score (nSPS) is 21.8. The molecule has 192 valence electrons. The van der Waals surface area contributed by atoms with Crippen molar-refractivity contribution in [3.05, 3.63) is 46.5 Å². The Morgan fingerprint density at radius 3 is 2.61 bits per heavy atom. The lowest BCUT2D eigenvalue weighted by atomic mass is 10.0. The molecule has 1 N–H and O–H groups in total. The number of fused-ring (bicyclic) bond motifs is 2. The van der Waals surface area contributed by atoms with E-state index in [0.29, 0.717) is 46.7 Å². The van der Waals surface area contributed by atoms with Crippen LogP contribution < -0.4 is 14.8 Å². The molecule has 9 heteroatoms. The Kier molecular flexibility index (Phi) is 7.42. The number of rotatable bonds is 8. The standard InChI is InChI=1S/C27H32Cl2FN4O2/c1-15(2)10-34-11-17-6-16(7-18(17)12-34)13-36-24-9-22-19(8-23(24)35-3)27(32-14-31-22)33-21-5-4-20(28)25(29)26(21)30/h4-5,8-9,14-18,28H,6-7,10-13H2,1-3H3,(H,31,32,33)/q+1/t16?,17-,18+. The van der Waals surface area contributed by atoms with Gasteiger partial charge in [-0.15, -0.1) is 0 Å². The minimum atomic E-state index is -0.614. The van der Waals surface area contributed by atoms with Gasteiger partial charge in [0.2, 0.25) is 5.02 Å². The van der Waals surface area contributed by atoms with E-state index in [1.165, 1.54) is 38.8 Å². The number of likely N-dealkylation sites (tertiary alicyclic amines) is 1. The van der Waals surface area contributed by atoms with Crippen molar-refractivity contribution >= 4 is 34.0 Å². The van der Waals surface area contributed by atoms with Crippen molar-refractivity contribution < 1.29 is 25.5 Å². The topological polar surface area (TPSA) is 59.5 Å². The molecule has 2 fully saturated rings. The average molecular weight is 534 g/mol.